The molecule has 11 nitrogen and oxygen atoms in total. The highest BCUT2D eigenvalue weighted by atomic mass is 32.2. The number of nitrogens with one attached hydrogen (secondary N) is 2. The zero-order valence-electron chi connectivity index (χ0n) is 17.8. The molecule has 1 unspecified atom stereocenters. The van der Waals surface area contributed by atoms with E-state index in [0.717, 1.165) is 6.26 Å². The Morgan fingerprint density at radius 3 is 2.65 bits per heavy atom. The molecule has 0 aromatic heterocycles. The van der Waals surface area contributed by atoms with Crippen molar-refractivity contribution in [3.05, 3.63) is 29.8 Å². The number of nitrogens with zero attached hydrogens (tertiary/aromatic N) is 3. The zero-order chi connectivity index (χ0) is 22.8. The minimum atomic E-state index is -3.29. The van der Waals surface area contributed by atoms with Crippen LogP contribution < -0.4 is 15.5 Å². The number of carbonyl (C=O) groups is 3. The molecule has 0 saturated carbocycles. The van der Waals surface area contributed by atoms with Crippen molar-refractivity contribution in [3.8, 4) is 5.75 Å². The van der Waals surface area contributed by atoms with Gasteiger partial charge in [0.1, 0.15) is 11.3 Å². The summed E-state index contributed by atoms with van der Waals surface area (Å²) in [6.07, 6.45) is 1.74. The fourth-order valence-corrected chi connectivity index (χ4v) is 4.54. The van der Waals surface area contributed by atoms with Gasteiger partial charge in [-0.15, -0.1) is 0 Å². The van der Waals surface area contributed by atoms with Crippen LogP contribution in [0.15, 0.2) is 24.3 Å². The molecule has 0 radical (unpaired) electrons. The molecule has 2 aliphatic heterocycles. The summed E-state index contributed by atoms with van der Waals surface area (Å²) in [5, 5.41) is 3.30. The Morgan fingerprint density at radius 1 is 1.23 bits per heavy atom. The van der Waals surface area contributed by atoms with Gasteiger partial charge in [0.2, 0.25) is 10.0 Å². The molecule has 0 spiro atoms. The van der Waals surface area contributed by atoms with Crippen LogP contribution in [-0.2, 0) is 25.2 Å². The first-order valence-corrected chi connectivity index (χ1v) is 11.7. The first kappa shape index (κ1) is 23.0. The van der Waals surface area contributed by atoms with E-state index in [4.69, 9.17) is 4.74 Å². The van der Waals surface area contributed by atoms with Crippen LogP contribution in [0, 0.1) is 0 Å². The summed E-state index contributed by atoms with van der Waals surface area (Å²) in [6.45, 7) is 3.07. The van der Waals surface area contributed by atoms with Crippen LogP contribution in [0.25, 0.3) is 0 Å². The molecule has 170 valence electrons. The lowest BCUT2D eigenvalue weighted by Gasteiger charge is -2.23. The summed E-state index contributed by atoms with van der Waals surface area (Å²) in [6, 6.07) is 6.03. The highest BCUT2D eigenvalue weighted by molar-refractivity contribution is 7.88. The van der Waals surface area contributed by atoms with Gasteiger partial charge >= 0.3 is 6.03 Å². The first-order valence-electron chi connectivity index (χ1n) is 9.83. The number of ether oxygens (including phenoxy) is 1. The van der Waals surface area contributed by atoms with Gasteiger partial charge in [0.05, 0.1) is 19.9 Å². The number of rotatable bonds is 6. The molecule has 2 heterocycles. The number of carbonyl (C=O) groups excluding carboxylic acids is 3. The molecule has 3 rings (SSSR count). The number of amides is 4. The van der Waals surface area contributed by atoms with Gasteiger partial charge in [-0.05, 0) is 37.6 Å². The lowest BCUT2D eigenvalue weighted by atomic mass is 9.92. The van der Waals surface area contributed by atoms with Gasteiger partial charge in [-0.25, -0.2) is 17.5 Å². The highest BCUT2D eigenvalue weighted by Gasteiger charge is 2.50. The second-order valence-electron chi connectivity index (χ2n) is 7.75. The predicted molar refractivity (Wildman–Crippen MR) is 111 cm³/mol. The summed E-state index contributed by atoms with van der Waals surface area (Å²) in [5.74, 6) is -0.614. The van der Waals surface area contributed by atoms with Crippen LogP contribution >= 0.6 is 0 Å². The Labute approximate surface area is 181 Å². The third-order valence-electron chi connectivity index (χ3n) is 5.46. The van der Waals surface area contributed by atoms with Gasteiger partial charge in [0.25, 0.3) is 11.8 Å². The number of hydrogen-bond donors (Lipinski definition) is 2. The smallest absolute Gasteiger partial charge is 0.344 e. The van der Waals surface area contributed by atoms with Crippen molar-refractivity contribution in [1.82, 2.24) is 25.0 Å². The van der Waals surface area contributed by atoms with E-state index in [9.17, 15) is 22.8 Å². The molecule has 4 amide bonds. The number of imide groups is 1. The molecular weight excluding hydrogens is 426 g/mol. The van der Waals surface area contributed by atoms with E-state index in [1.807, 2.05) is 0 Å². The van der Waals surface area contributed by atoms with Crippen LogP contribution in [-0.4, -0.2) is 86.6 Å². The zero-order valence-corrected chi connectivity index (χ0v) is 18.6. The first-order chi connectivity index (χ1) is 14.5. The highest BCUT2D eigenvalue weighted by Crippen LogP contribution is 2.30. The molecule has 1 atom stereocenters. The minimum absolute atomic E-state index is 0.0649. The van der Waals surface area contributed by atoms with E-state index in [2.05, 4.69) is 10.7 Å². The molecular formula is C19H27N5O6S. The third kappa shape index (κ3) is 4.97. The summed E-state index contributed by atoms with van der Waals surface area (Å²) < 4.78 is 30.0. The maximum Gasteiger partial charge on any atom is 0.344 e. The van der Waals surface area contributed by atoms with Crippen molar-refractivity contribution < 1.29 is 27.5 Å². The predicted octanol–water partition coefficient (Wildman–Crippen LogP) is -0.539. The van der Waals surface area contributed by atoms with E-state index >= 15 is 0 Å². The number of sulfonamides is 1. The Bertz CT molecular complexity index is 984. The van der Waals surface area contributed by atoms with Crippen molar-refractivity contribution in [2.45, 2.75) is 18.9 Å². The number of hydrazine groups is 1. The Hall–Kier alpha value is -2.70. The van der Waals surface area contributed by atoms with Crippen molar-refractivity contribution >= 4 is 27.9 Å². The van der Waals surface area contributed by atoms with Crippen LogP contribution in [0.3, 0.4) is 0 Å². The topological polar surface area (TPSA) is 128 Å². The third-order valence-corrected chi connectivity index (χ3v) is 6.76. The fourth-order valence-electron chi connectivity index (χ4n) is 3.67. The van der Waals surface area contributed by atoms with Gasteiger partial charge in [0.15, 0.2) is 0 Å². The standard InChI is InChI=1S/C19H27N5O6S/c1-19(14-6-4-7-15(12-14)30-2)17(26)24(18(27)20-19)21-16(25)13-22-8-5-9-23(11-10-22)31(3,28)29/h4,6-7,12H,5,8-11,13H2,1-3H3,(H,20,27)(H,21,25). The Morgan fingerprint density at radius 2 is 1.97 bits per heavy atom. The molecule has 2 N–H and O–H groups in total. The molecule has 0 aliphatic carbocycles. The van der Waals surface area contributed by atoms with Crippen molar-refractivity contribution in [1.29, 1.82) is 0 Å². The Balaban J connectivity index is 1.64. The summed E-state index contributed by atoms with van der Waals surface area (Å²) in [4.78, 5) is 39.7. The maximum absolute atomic E-state index is 13.0. The number of methoxy groups -OCH3 is 1. The maximum atomic E-state index is 13.0. The molecule has 1 aromatic carbocycles. The second-order valence-corrected chi connectivity index (χ2v) is 9.74. The molecule has 1 aromatic rings. The summed E-state index contributed by atoms with van der Waals surface area (Å²) >= 11 is 0. The lowest BCUT2D eigenvalue weighted by molar-refractivity contribution is -0.139. The quantitative estimate of drug-likeness (QED) is 0.554. The molecule has 0 bridgehead atoms. The molecule has 2 fully saturated rings. The SMILES string of the molecule is COc1cccc(C2(C)NC(=O)N(NC(=O)CN3CCCN(S(C)(=O)=O)CC3)C2=O)c1. The van der Waals surface area contributed by atoms with E-state index < -0.39 is 33.4 Å². The largest absolute Gasteiger partial charge is 0.497 e. The van der Waals surface area contributed by atoms with Crippen LogP contribution in [0.4, 0.5) is 4.79 Å². The molecule has 12 heteroatoms. The Kier molecular flexibility index (Phi) is 6.53. The fraction of sp³-hybridized carbons (Fsp3) is 0.526. The van der Waals surface area contributed by atoms with E-state index in [1.165, 1.54) is 11.4 Å². The van der Waals surface area contributed by atoms with Gasteiger partial charge < -0.3 is 10.1 Å². The monoisotopic (exact) mass is 453 g/mol. The lowest BCUT2D eigenvalue weighted by Crippen LogP contribution is -2.51. The average Bonchev–Trinajstić information content (AvgIpc) is 2.87. The second kappa shape index (κ2) is 8.81. The molecule has 31 heavy (non-hydrogen) atoms. The summed E-state index contributed by atoms with van der Waals surface area (Å²) in [5.41, 5.74) is 1.54. The molecule has 2 aliphatic rings. The van der Waals surface area contributed by atoms with Crippen molar-refractivity contribution in [2.75, 3.05) is 46.1 Å². The number of hydrogen-bond acceptors (Lipinski definition) is 7. The van der Waals surface area contributed by atoms with Gasteiger partial charge in [-0.1, -0.05) is 12.1 Å². The van der Waals surface area contributed by atoms with Gasteiger partial charge in [-0.2, -0.15) is 5.01 Å². The van der Waals surface area contributed by atoms with E-state index in [1.54, 1.807) is 36.1 Å². The van der Waals surface area contributed by atoms with E-state index in [-0.39, 0.29) is 13.1 Å². The van der Waals surface area contributed by atoms with Crippen LogP contribution in [0.1, 0.15) is 18.9 Å². The number of benzene rings is 1. The molecule has 2 saturated heterocycles. The van der Waals surface area contributed by atoms with Crippen LogP contribution in [0.2, 0.25) is 0 Å². The van der Waals surface area contributed by atoms with Crippen LogP contribution in [0.5, 0.6) is 5.75 Å². The average molecular weight is 454 g/mol. The van der Waals surface area contributed by atoms with Gasteiger partial charge in [-0.3, -0.25) is 19.9 Å². The number of urea groups is 1. The minimum Gasteiger partial charge on any atom is -0.497 e. The summed E-state index contributed by atoms with van der Waals surface area (Å²) in [7, 11) is -1.79. The normalized spacial score (nSPS) is 23.4. The van der Waals surface area contributed by atoms with Crippen molar-refractivity contribution in [3.63, 3.8) is 0 Å². The van der Waals surface area contributed by atoms with Gasteiger partial charge in [0, 0.05) is 19.6 Å². The van der Waals surface area contributed by atoms with E-state index in [0.29, 0.717) is 42.4 Å². The van der Waals surface area contributed by atoms with Crippen molar-refractivity contribution in [2.24, 2.45) is 0 Å².